The highest BCUT2D eigenvalue weighted by atomic mass is 35.5. The number of carbonyl (C=O) groups excluding carboxylic acids is 1. The highest BCUT2D eigenvalue weighted by molar-refractivity contribution is 7.15. The smallest absolute Gasteiger partial charge is 0.310 e. The zero-order valence-corrected chi connectivity index (χ0v) is 9.82. The van der Waals surface area contributed by atoms with Gasteiger partial charge in [-0.3, -0.25) is 9.59 Å². The molecule has 0 radical (unpaired) electrons. The molecule has 0 saturated heterocycles. The predicted molar refractivity (Wildman–Crippen MR) is 61.0 cm³/mol. The summed E-state index contributed by atoms with van der Waals surface area (Å²) in [6.45, 7) is 0. The van der Waals surface area contributed by atoms with E-state index in [1.54, 1.807) is 0 Å². The molecule has 0 aliphatic rings. The van der Waals surface area contributed by atoms with Crippen LogP contribution in [-0.2, 0) is 16.0 Å². The average molecular weight is 259 g/mol. The lowest BCUT2D eigenvalue weighted by Gasteiger charge is -2.03. The minimum atomic E-state index is -0.415. The molecule has 5 nitrogen and oxygen atoms in total. The topological polar surface area (TPSA) is 72.0 Å². The van der Waals surface area contributed by atoms with Gasteiger partial charge in [0.15, 0.2) is 0 Å². The van der Waals surface area contributed by atoms with Gasteiger partial charge in [-0.25, -0.2) is 4.98 Å². The van der Waals surface area contributed by atoms with E-state index in [0.717, 1.165) is 11.3 Å². The van der Waals surface area contributed by atoms with Gasteiger partial charge in [-0.05, 0) is 0 Å². The standard InChI is InChI=1S/C9H7ClN2O3S/c1-15-6(13)2-4-5(10)3-11-8-7(4)12-9(14)16-8/h3H,2H2,1H3,(H,12,14). The lowest BCUT2D eigenvalue weighted by molar-refractivity contribution is -0.139. The van der Waals surface area contributed by atoms with Crippen molar-refractivity contribution >= 4 is 39.3 Å². The molecule has 0 aliphatic carbocycles. The molecule has 0 saturated carbocycles. The number of thiazole rings is 1. The van der Waals surface area contributed by atoms with Crippen LogP contribution in [0.3, 0.4) is 0 Å². The molecule has 7 heteroatoms. The maximum atomic E-state index is 11.2. The van der Waals surface area contributed by atoms with Gasteiger partial charge in [0, 0.05) is 11.8 Å². The number of aromatic nitrogens is 2. The van der Waals surface area contributed by atoms with Crippen LogP contribution < -0.4 is 4.87 Å². The van der Waals surface area contributed by atoms with E-state index in [4.69, 9.17) is 11.6 Å². The minimum Gasteiger partial charge on any atom is -0.469 e. The number of nitrogens with zero attached hydrogens (tertiary/aromatic N) is 1. The second-order valence-corrected chi connectivity index (χ2v) is 4.40. The molecule has 0 fully saturated rings. The van der Waals surface area contributed by atoms with Crippen molar-refractivity contribution in [2.24, 2.45) is 0 Å². The summed E-state index contributed by atoms with van der Waals surface area (Å²) in [5, 5.41) is 0.340. The number of fused-ring (bicyclic) bond motifs is 1. The minimum absolute atomic E-state index is 0.0149. The van der Waals surface area contributed by atoms with E-state index in [2.05, 4.69) is 14.7 Å². The molecule has 84 valence electrons. The first kappa shape index (κ1) is 11.1. The van der Waals surface area contributed by atoms with E-state index in [1.165, 1.54) is 13.3 Å². The molecule has 0 unspecified atom stereocenters. The van der Waals surface area contributed by atoms with Crippen molar-refractivity contribution in [3.8, 4) is 0 Å². The maximum Gasteiger partial charge on any atom is 0.310 e. The monoisotopic (exact) mass is 258 g/mol. The van der Waals surface area contributed by atoms with Crippen LogP contribution >= 0.6 is 22.9 Å². The molecule has 16 heavy (non-hydrogen) atoms. The summed E-state index contributed by atoms with van der Waals surface area (Å²) in [5.74, 6) is -0.415. The van der Waals surface area contributed by atoms with Gasteiger partial charge in [0.05, 0.1) is 24.1 Å². The number of ether oxygens (including phenoxy) is 1. The van der Waals surface area contributed by atoms with Crippen molar-refractivity contribution in [2.45, 2.75) is 6.42 Å². The van der Waals surface area contributed by atoms with E-state index in [1.807, 2.05) is 0 Å². The second kappa shape index (κ2) is 4.23. The summed E-state index contributed by atoms with van der Waals surface area (Å²) in [6.07, 6.45) is 1.44. The summed E-state index contributed by atoms with van der Waals surface area (Å²) >= 11 is 6.90. The van der Waals surface area contributed by atoms with Gasteiger partial charge in [-0.1, -0.05) is 22.9 Å². The fourth-order valence-corrected chi connectivity index (χ4v) is 2.24. The molecular formula is C9H7ClN2O3S. The first-order valence-corrected chi connectivity index (χ1v) is 5.54. The molecule has 0 aliphatic heterocycles. The summed E-state index contributed by atoms with van der Waals surface area (Å²) in [7, 11) is 1.30. The highest BCUT2D eigenvalue weighted by Gasteiger charge is 2.14. The van der Waals surface area contributed by atoms with Crippen LogP contribution in [0.4, 0.5) is 0 Å². The number of pyridine rings is 1. The van der Waals surface area contributed by atoms with Crippen LogP contribution in [0.5, 0.6) is 0 Å². The molecule has 2 heterocycles. The van der Waals surface area contributed by atoms with Crippen molar-refractivity contribution in [3.05, 3.63) is 26.5 Å². The third-order valence-corrected chi connectivity index (χ3v) is 3.18. The van der Waals surface area contributed by atoms with Crippen LogP contribution in [-0.4, -0.2) is 23.0 Å². The lowest BCUT2D eigenvalue weighted by Crippen LogP contribution is -2.06. The lowest BCUT2D eigenvalue weighted by atomic mass is 10.2. The number of H-pyrrole nitrogens is 1. The Bertz CT molecular complexity index is 604. The van der Waals surface area contributed by atoms with Crippen LogP contribution in [0.25, 0.3) is 10.3 Å². The van der Waals surface area contributed by atoms with Crippen molar-refractivity contribution in [2.75, 3.05) is 7.11 Å². The Morgan fingerprint density at radius 2 is 2.44 bits per heavy atom. The number of carbonyl (C=O) groups is 1. The maximum absolute atomic E-state index is 11.2. The van der Waals surface area contributed by atoms with Gasteiger partial charge in [0.2, 0.25) is 0 Å². The summed E-state index contributed by atoms with van der Waals surface area (Å²) in [5.41, 5.74) is 1.05. The number of rotatable bonds is 2. The molecule has 0 spiro atoms. The van der Waals surface area contributed by atoms with Gasteiger partial charge < -0.3 is 9.72 Å². The van der Waals surface area contributed by atoms with E-state index in [9.17, 15) is 9.59 Å². The Labute approximate surface area is 99.0 Å². The molecule has 0 aromatic carbocycles. The van der Waals surface area contributed by atoms with Crippen molar-refractivity contribution in [1.29, 1.82) is 0 Å². The van der Waals surface area contributed by atoms with E-state index in [-0.39, 0.29) is 11.3 Å². The second-order valence-electron chi connectivity index (χ2n) is 3.03. The molecule has 0 bridgehead atoms. The Hall–Kier alpha value is -1.40. The number of hydrogen-bond acceptors (Lipinski definition) is 5. The summed E-state index contributed by atoms with van der Waals surface area (Å²) in [6, 6.07) is 0. The van der Waals surface area contributed by atoms with Crippen LogP contribution in [0.1, 0.15) is 5.56 Å². The van der Waals surface area contributed by atoms with Crippen LogP contribution in [0.15, 0.2) is 11.0 Å². The van der Waals surface area contributed by atoms with Gasteiger partial charge in [-0.15, -0.1) is 0 Å². The van der Waals surface area contributed by atoms with E-state index >= 15 is 0 Å². The molecule has 0 amide bonds. The van der Waals surface area contributed by atoms with Crippen molar-refractivity contribution in [1.82, 2.24) is 9.97 Å². The Kier molecular flexibility index (Phi) is 2.93. The molecule has 2 aromatic rings. The number of aromatic amines is 1. The summed E-state index contributed by atoms with van der Waals surface area (Å²) in [4.78, 5) is 29.3. The summed E-state index contributed by atoms with van der Waals surface area (Å²) < 4.78 is 4.56. The average Bonchev–Trinajstić information content (AvgIpc) is 2.63. The van der Waals surface area contributed by atoms with E-state index < -0.39 is 5.97 Å². The van der Waals surface area contributed by atoms with Crippen molar-refractivity contribution in [3.63, 3.8) is 0 Å². The SMILES string of the molecule is COC(=O)Cc1c(Cl)cnc2sc(=O)[nH]c12. The zero-order chi connectivity index (χ0) is 11.7. The zero-order valence-electron chi connectivity index (χ0n) is 8.24. The number of halogens is 1. The van der Waals surface area contributed by atoms with Crippen molar-refractivity contribution < 1.29 is 9.53 Å². The Morgan fingerprint density at radius 1 is 1.69 bits per heavy atom. The largest absolute Gasteiger partial charge is 0.469 e. The number of nitrogens with one attached hydrogen (secondary N) is 1. The highest BCUT2D eigenvalue weighted by Crippen LogP contribution is 2.24. The van der Waals surface area contributed by atoms with Gasteiger partial charge >= 0.3 is 10.8 Å². The van der Waals surface area contributed by atoms with Gasteiger partial charge in [0.1, 0.15) is 4.83 Å². The molecule has 2 aromatic heterocycles. The van der Waals surface area contributed by atoms with Gasteiger partial charge in [0.25, 0.3) is 0 Å². The quantitative estimate of drug-likeness (QED) is 0.826. The molecular weight excluding hydrogens is 252 g/mol. The van der Waals surface area contributed by atoms with E-state index in [0.29, 0.717) is 20.9 Å². The third-order valence-electron chi connectivity index (χ3n) is 2.06. The Morgan fingerprint density at radius 3 is 3.12 bits per heavy atom. The third kappa shape index (κ3) is 1.94. The number of esters is 1. The Balaban J connectivity index is 2.60. The first-order valence-electron chi connectivity index (χ1n) is 4.35. The number of hydrogen-bond donors (Lipinski definition) is 1. The van der Waals surface area contributed by atoms with Crippen LogP contribution in [0.2, 0.25) is 5.02 Å². The molecule has 0 atom stereocenters. The molecule has 1 N–H and O–H groups in total. The van der Waals surface area contributed by atoms with Crippen LogP contribution in [0, 0.1) is 0 Å². The fraction of sp³-hybridized carbons (Fsp3) is 0.222. The predicted octanol–water partition coefficient (Wildman–Crippen LogP) is 1.35. The molecule has 2 rings (SSSR count). The first-order chi connectivity index (χ1) is 7.61. The fourth-order valence-electron chi connectivity index (χ4n) is 1.32. The van der Waals surface area contributed by atoms with Gasteiger partial charge in [-0.2, -0.15) is 0 Å². The normalized spacial score (nSPS) is 10.6. The number of methoxy groups -OCH3 is 1.